The normalized spacial score (nSPS) is 11.0. The van der Waals surface area contributed by atoms with Crippen LogP contribution in [-0.2, 0) is 20.3 Å². The number of aromatic nitrogens is 4. The number of rotatable bonds is 7. The second-order valence-corrected chi connectivity index (χ2v) is 6.84. The molecule has 3 aromatic rings. The third kappa shape index (κ3) is 4.55. The lowest BCUT2D eigenvalue weighted by atomic mass is 10.0. The number of amides is 1. The van der Waals surface area contributed by atoms with E-state index in [0.29, 0.717) is 18.2 Å². The van der Waals surface area contributed by atoms with Crippen molar-refractivity contribution < 1.29 is 9.53 Å². The van der Waals surface area contributed by atoms with E-state index in [9.17, 15) is 4.79 Å². The Morgan fingerprint density at radius 1 is 1.19 bits per heavy atom. The third-order valence-electron chi connectivity index (χ3n) is 4.44. The Kier molecular flexibility index (Phi) is 5.59. The zero-order chi connectivity index (χ0) is 19.4. The molecular formula is C20H25N5O2. The van der Waals surface area contributed by atoms with Crippen molar-refractivity contribution in [1.82, 2.24) is 24.5 Å². The minimum Gasteiger partial charge on any atom is -0.471 e. The van der Waals surface area contributed by atoms with E-state index in [0.717, 1.165) is 11.4 Å². The largest absolute Gasteiger partial charge is 0.471 e. The highest BCUT2D eigenvalue weighted by Gasteiger charge is 2.16. The van der Waals surface area contributed by atoms with Crippen LogP contribution in [0, 0.1) is 0 Å². The van der Waals surface area contributed by atoms with Gasteiger partial charge in [0.05, 0.1) is 12.2 Å². The highest BCUT2D eigenvalue weighted by molar-refractivity contribution is 5.91. The minimum absolute atomic E-state index is 0.142. The molecule has 0 spiro atoms. The van der Waals surface area contributed by atoms with E-state index in [2.05, 4.69) is 36.2 Å². The summed E-state index contributed by atoms with van der Waals surface area (Å²) in [5.74, 6) is 1.12. The minimum atomic E-state index is -0.142. The number of benzene rings is 1. The summed E-state index contributed by atoms with van der Waals surface area (Å²) in [4.78, 5) is 14.2. The Morgan fingerprint density at radius 2 is 1.93 bits per heavy atom. The van der Waals surface area contributed by atoms with Crippen molar-refractivity contribution in [3.63, 3.8) is 0 Å². The number of carbonyl (C=O) groups is 1. The fraction of sp³-hybridized carbons (Fsp3) is 0.350. The van der Waals surface area contributed by atoms with E-state index >= 15 is 0 Å². The number of carbonyl (C=O) groups excluding carboxylic acids is 1. The number of aryl methyl sites for hydroxylation is 1. The lowest BCUT2D eigenvalue weighted by Crippen LogP contribution is -2.27. The molecule has 0 N–H and O–H groups in total. The quantitative estimate of drug-likeness (QED) is 0.644. The first-order valence-electron chi connectivity index (χ1n) is 8.92. The molecule has 3 rings (SSSR count). The van der Waals surface area contributed by atoms with E-state index < -0.39 is 0 Å². The predicted octanol–water partition coefficient (Wildman–Crippen LogP) is 3.05. The fourth-order valence-corrected chi connectivity index (χ4v) is 2.70. The lowest BCUT2D eigenvalue weighted by Gasteiger charge is -2.15. The van der Waals surface area contributed by atoms with Gasteiger partial charge in [0.2, 0.25) is 0 Å². The number of hydrogen-bond acceptors (Lipinski definition) is 4. The molecule has 1 amide bonds. The monoisotopic (exact) mass is 367 g/mol. The molecule has 0 aliphatic rings. The molecule has 7 heteroatoms. The first-order valence-corrected chi connectivity index (χ1v) is 8.92. The van der Waals surface area contributed by atoms with Crippen molar-refractivity contribution in [2.45, 2.75) is 33.0 Å². The van der Waals surface area contributed by atoms with Crippen molar-refractivity contribution in [1.29, 1.82) is 0 Å². The number of ether oxygens (including phenoxy) is 1. The first-order chi connectivity index (χ1) is 12.9. The van der Waals surface area contributed by atoms with Gasteiger partial charge in [-0.2, -0.15) is 10.2 Å². The second kappa shape index (κ2) is 8.07. The molecule has 0 unspecified atom stereocenters. The Morgan fingerprint density at radius 3 is 2.56 bits per heavy atom. The average molecular weight is 367 g/mol. The standard InChI is InChI=1S/C20H25N5O2/c1-15(2)16-5-7-18(8-6-16)27-14-25-12-10-19(22-25)20(26)23(3)13-17-9-11-21-24(17)4/h5-12,15H,13-14H2,1-4H3. The van der Waals surface area contributed by atoms with Gasteiger partial charge in [0.15, 0.2) is 12.4 Å². The Balaban J connectivity index is 1.57. The van der Waals surface area contributed by atoms with Crippen LogP contribution in [0.5, 0.6) is 5.75 Å². The highest BCUT2D eigenvalue weighted by Crippen LogP contribution is 2.18. The third-order valence-corrected chi connectivity index (χ3v) is 4.44. The average Bonchev–Trinajstić information content (AvgIpc) is 3.29. The van der Waals surface area contributed by atoms with Crippen molar-refractivity contribution in [2.24, 2.45) is 7.05 Å². The van der Waals surface area contributed by atoms with E-state index in [1.165, 1.54) is 5.56 Å². The van der Waals surface area contributed by atoms with E-state index in [4.69, 9.17) is 4.74 Å². The summed E-state index contributed by atoms with van der Waals surface area (Å²) in [5.41, 5.74) is 2.61. The predicted molar refractivity (Wildman–Crippen MR) is 102 cm³/mol. The van der Waals surface area contributed by atoms with Gasteiger partial charge in [-0.25, -0.2) is 4.68 Å². The molecule has 0 aliphatic carbocycles. The number of hydrogen-bond donors (Lipinski definition) is 0. The van der Waals surface area contributed by atoms with Crippen molar-refractivity contribution >= 4 is 5.91 Å². The van der Waals surface area contributed by atoms with Crippen LogP contribution >= 0.6 is 0 Å². The topological polar surface area (TPSA) is 65.2 Å². The second-order valence-electron chi connectivity index (χ2n) is 6.84. The van der Waals surface area contributed by atoms with Gasteiger partial charge in [0.25, 0.3) is 5.91 Å². The van der Waals surface area contributed by atoms with Crippen LogP contribution in [-0.4, -0.2) is 37.4 Å². The van der Waals surface area contributed by atoms with Crippen LogP contribution in [0.1, 0.15) is 41.5 Å². The summed E-state index contributed by atoms with van der Waals surface area (Å²) in [6, 6.07) is 11.6. The molecule has 0 atom stereocenters. The number of nitrogens with zero attached hydrogens (tertiary/aromatic N) is 5. The summed E-state index contributed by atoms with van der Waals surface area (Å²) in [5, 5.41) is 8.44. The maximum absolute atomic E-state index is 12.6. The van der Waals surface area contributed by atoms with E-state index in [1.807, 2.05) is 25.2 Å². The van der Waals surface area contributed by atoms with Crippen LogP contribution in [0.15, 0.2) is 48.8 Å². The highest BCUT2D eigenvalue weighted by atomic mass is 16.5. The van der Waals surface area contributed by atoms with Gasteiger partial charge in [-0.05, 0) is 35.7 Å². The first kappa shape index (κ1) is 18.7. The summed E-state index contributed by atoms with van der Waals surface area (Å²) < 4.78 is 9.11. The molecule has 2 aromatic heterocycles. The molecule has 0 aliphatic heterocycles. The molecule has 1 aromatic carbocycles. The summed E-state index contributed by atoms with van der Waals surface area (Å²) in [7, 11) is 3.61. The van der Waals surface area contributed by atoms with Crippen LogP contribution < -0.4 is 4.74 Å². The van der Waals surface area contributed by atoms with Gasteiger partial charge < -0.3 is 9.64 Å². The van der Waals surface area contributed by atoms with E-state index in [-0.39, 0.29) is 12.6 Å². The van der Waals surface area contributed by atoms with Crippen molar-refractivity contribution in [3.05, 3.63) is 65.7 Å². The molecule has 2 heterocycles. The molecule has 7 nitrogen and oxygen atoms in total. The van der Waals surface area contributed by atoms with Crippen LogP contribution in [0.4, 0.5) is 0 Å². The van der Waals surface area contributed by atoms with Crippen molar-refractivity contribution in [2.75, 3.05) is 7.05 Å². The maximum atomic E-state index is 12.6. The molecule has 0 fully saturated rings. The van der Waals surface area contributed by atoms with Gasteiger partial charge in [-0.15, -0.1) is 0 Å². The van der Waals surface area contributed by atoms with Gasteiger partial charge in [0, 0.05) is 26.5 Å². The van der Waals surface area contributed by atoms with Gasteiger partial charge in [0.1, 0.15) is 5.75 Å². The van der Waals surface area contributed by atoms with Gasteiger partial charge >= 0.3 is 0 Å². The molecule has 0 saturated heterocycles. The molecule has 0 saturated carbocycles. The molecular weight excluding hydrogens is 342 g/mol. The Bertz CT molecular complexity index is 895. The summed E-state index contributed by atoms with van der Waals surface area (Å²) >= 11 is 0. The lowest BCUT2D eigenvalue weighted by molar-refractivity contribution is 0.0774. The molecule has 0 bridgehead atoms. The Labute approximate surface area is 159 Å². The van der Waals surface area contributed by atoms with Crippen LogP contribution in [0.3, 0.4) is 0 Å². The molecule has 142 valence electrons. The van der Waals surface area contributed by atoms with E-state index in [1.54, 1.807) is 39.8 Å². The molecule has 0 radical (unpaired) electrons. The Hall–Kier alpha value is -3.09. The van der Waals surface area contributed by atoms with Crippen molar-refractivity contribution in [3.8, 4) is 5.75 Å². The maximum Gasteiger partial charge on any atom is 0.274 e. The summed E-state index contributed by atoms with van der Waals surface area (Å²) in [6.07, 6.45) is 3.46. The van der Waals surface area contributed by atoms with Crippen LogP contribution in [0.2, 0.25) is 0 Å². The zero-order valence-electron chi connectivity index (χ0n) is 16.2. The van der Waals surface area contributed by atoms with Crippen LogP contribution in [0.25, 0.3) is 0 Å². The van der Waals surface area contributed by atoms with Gasteiger partial charge in [-0.1, -0.05) is 26.0 Å². The fourth-order valence-electron chi connectivity index (χ4n) is 2.70. The smallest absolute Gasteiger partial charge is 0.274 e. The molecule has 27 heavy (non-hydrogen) atoms. The zero-order valence-corrected chi connectivity index (χ0v) is 16.2. The summed E-state index contributed by atoms with van der Waals surface area (Å²) in [6.45, 7) is 5.04. The SMILES string of the molecule is CC(C)c1ccc(OCn2ccc(C(=O)N(C)Cc3ccnn3C)n2)cc1. The van der Waals surface area contributed by atoms with Gasteiger partial charge in [-0.3, -0.25) is 9.48 Å².